The third-order valence-electron chi connectivity index (χ3n) is 4.37. The smallest absolute Gasteiger partial charge is 0.270 e. The van der Waals surface area contributed by atoms with E-state index in [2.05, 4.69) is 15.4 Å². The summed E-state index contributed by atoms with van der Waals surface area (Å²) in [6.45, 7) is 2.20. The van der Waals surface area contributed by atoms with E-state index in [1.165, 1.54) is 12.1 Å². The molecule has 0 aliphatic carbocycles. The molecule has 0 atom stereocenters. The van der Waals surface area contributed by atoms with Gasteiger partial charge in [0.15, 0.2) is 0 Å². The Balaban J connectivity index is 1.53. The lowest BCUT2D eigenvalue weighted by molar-refractivity contribution is 0.0943. The number of benzene rings is 1. The van der Waals surface area contributed by atoms with Crippen molar-refractivity contribution >= 4 is 23.2 Å². The number of imidazole rings is 1. The van der Waals surface area contributed by atoms with E-state index in [9.17, 15) is 9.18 Å². The molecule has 0 aliphatic heterocycles. The number of hydrogen-bond acceptors (Lipinski definition) is 3. The normalized spacial score (nSPS) is 11.1. The van der Waals surface area contributed by atoms with Crippen LogP contribution in [0.2, 0.25) is 5.02 Å². The highest BCUT2D eigenvalue weighted by molar-refractivity contribution is 6.30. The van der Waals surface area contributed by atoms with Gasteiger partial charge in [0.25, 0.3) is 5.91 Å². The lowest BCUT2D eigenvalue weighted by atomic mass is 10.2. The highest BCUT2D eigenvalue weighted by atomic mass is 35.5. The zero-order chi connectivity index (χ0) is 19.7. The van der Waals surface area contributed by atoms with Gasteiger partial charge in [-0.2, -0.15) is 5.10 Å². The molecule has 3 heterocycles. The Hall–Kier alpha value is -3.19. The molecular weight excluding hydrogens is 381 g/mol. The van der Waals surface area contributed by atoms with Crippen LogP contribution in [0, 0.1) is 5.82 Å². The number of pyridine rings is 1. The Labute approximate surface area is 165 Å². The van der Waals surface area contributed by atoms with E-state index in [0.29, 0.717) is 34.2 Å². The summed E-state index contributed by atoms with van der Waals surface area (Å²) in [7, 11) is 0. The Bertz CT molecular complexity index is 1150. The number of aryl methyl sites for hydroxylation is 1. The molecule has 0 aliphatic rings. The third kappa shape index (κ3) is 3.48. The monoisotopic (exact) mass is 397 g/mol. The molecule has 4 rings (SSSR count). The number of hydrogen-bond donors (Lipinski definition) is 1. The second-order valence-corrected chi connectivity index (χ2v) is 6.68. The van der Waals surface area contributed by atoms with Crippen LogP contribution in [0.25, 0.3) is 11.3 Å². The summed E-state index contributed by atoms with van der Waals surface area (Å²) in [6.07, 6.45) is 4.07. The second-order valence-electron chi connectivity index (χ2n) is 6.25. The summed E-state index contributed by atoms with van der Waals surface area (Å²) >= 11 is 6.07. The standard InChI is InChI=1S/C20H17ClFN5O/c1-2-17-19(26-12-13(21)3-8-18(26)24-17)20(28)23-11-15-9-10-27(25-15)16-6-4-14(22)5-7-16/h3-10,12H,2,11H2,1H3,(H,23,28). The van der Waals surface area contributed by atoms with Gasteiger partial charge in [0, 0.05) is 12.4 Å². The molecule has 4 aromatic rings. The van der Waals surface area contributed by atoms with Gasteiger partial charge in [-0.3, -0.25) is 9.20 Å². The van der Waals surface area contributed by atoms with E-state index in [1.54, 1.807) is 51.8 Å². The number of carbonyl (C=O) groups is 1. The number of rotatable bonds is 5. The highest BCUT2D eigenvalue weighted by Gasteiger charge is 2.18. The van der Waals surface area contributed by atoms with Gasteiger partial charge in [-0.1, -0.05) is 18.5 Å². The number of amides is 1. The van der Waals surface area contributed by atoms with Crippen molar-refractivity contribution < 1.29 is 9.18 Å². The van der Waals surface area contributed by atoms with E-state index < -0.39 is 0 Å². The minimum Gasteiger partial charge on any atom is -0.345 e. The summed E-state index contributed by atoms with van der Waals surface area (Å²) in [4.78, 5) is 17.3. The van der Waals surface area contributed by atoms with Crippen molar-refractivity contribution in [3.8, 4) is 5.69 Å². The first-order valence-electron chi connectivity index (χ1n) is 8.80. The van der Waals surface area contributed by atoms with Gasteiger partial charge in [0.2, 0.25) is 0 Å². The van der Waals surface area contributed by atoms with Gasteiger partial charge in [0.1, 0.15) is 17.2 Å². The van der Waals surface area contributed by atoms with Gasteiger partial charge in [0.05, 0.1) is 28.6 Å². The largest absolute Gasteiger partial charge is 0.345 e. The average Bonchev–Trinajstić information content (AvgIpc) is 3.31. The van der Waals surface area contributed by atoms with Crippen molar-refractivity contribution in [2.24, 2.45) is 0 Å². The molecule has 1 N–H and O–H groups in total. The zero-order valence-corrected chi connectivity index (χ0v) is 15.8. The Kier molecular flexibility index (Phi) is 4.83. The lowest BCUT2D eigenvalue weighted by Crippen LogP contribution is -2.25. The van der Waals surface area contributed by atoms with Crippen LogP contribution >= 0.6 is 11.6 Å². The van der Waals surface area contributed by atoms with Crippen LogP contribution in [-0.2, 0) is 13.0 Å². The van der Waals surface area contributed by atoms with Crippen LogP contribution in [0.4, 0.5) is 4.39 Å². The molecule has 0 fully saturated rings. The first-order valence-corrected chi connectivity index (χ1v) is 9.18. The fraction of sp³-hybridized carbons (Fsp3) is 0.150. The minimum atomic E-state index is -0.303. The Morgan fingerprint density at radius 3 is 2.71 bits per heavy atom. The maximum atomic E-state index is 13.1. The van der Waals surface area contributed by atoms with Gasteiger partial charge >= 0.3 is 0 Å². The van der Waals surface area contributed by atoms with Crippen LogP contribution in [-0.4, -0.2) is 25.1 Å². The molecular formula is C20H17ClFN5O. The van der Waals surface area contributed by atoms with Crippen LogP contribution in [0.3, 0.4) is 0 Å². The van der Waals surface area contributed by atoms with Crippen molar-refractivity contribution in [1.29, 1.82) is 0 Å². The zero-order valence-electron chi connectivity index (χ0n) is 15.1. The van der Waals surface area contributed by atoms with Crippen LogP contribution < -0.4 is 5.32 Å². The minimum absolute atomic E-state index is 0.247. The number of aromatic nitrogens is 4. The van der Waals surface area contributed by atoms with Crippen LogP contribution in [0.15, 0.2) is 54.9 Å². The quantitative estimate of drug-likeness (QED) is 0.557. The summed E-state index contributed by atoms with van der Waals surface area (Å²) in [5.74, 6) is -0.550. The molecule has 28 heavy (non-hydrogen) atoms. The molecule has 1 aromatic carbocycles. The van der Waals surface area contributed by atoms with Gasteiger partial charge < -0.3 is 5.32 Å². The molecule has 0 saturated heterocycles. The van der Waals surface area contributed by atoms with E-state index in [4.69, 9.17) is 11.6 Å². The molecule has 3 aromatic heterocycles. The molecule has 0 spiro atoms. The first-order chi connectivity index (χ1) is 13.5. The summed E-state index contributed by atoms with van der Waals surface area (Å²) < 4.78 is 16.4. The molecule has 6 nitrogen and oxygen atoms in total. The molecule has 0 unspecified atom stereocenters. The summed E-state index contributed by atoms with van der Waals surface area (Å²) in [5, 5.41) is 7.83. The second kappa shape index (κ2) is 7.44. The van der Waals surface area contributed by atoms with Gasteiger partial charge in [-0.15, -0.1) is 0 Å². The maximum Gasteiger partial charge on any atom is 0.270 e. The summed E-state index contributed by atoms with van der Waals surface area (Å²) in [5.41, 5.74) is 3.27. The molecule has 0 bridgehead atoms. The number of carbonyl (C=O) groups excluding carboxylic acids is 1. The Morgan fingerprint density at radius 1 is 1.18 bits per heavy atom. The van der Waals surface area contributed by atoms with Crippen molar-refractivity contribution in [2.75, 3.05) is 0 Å². The van der Waals surface area contributed by atoms with Crippen molar-refractivity contribution in [2.45, 2.75) is 19.9 Å². The van der Waals surface area contributed by atoms with Crippen molar-refractivity contribution in [1.82, 2.24) is 24.5 Å². The molecule has 0 radical (unpaired) electrons. The van der Waals surface area contributed by atoms with Gasteiger partial charge in [-0.25, -0.2) is 14.1 Å². The highest BCUT2D eigenvalue weighted by Crippen LogP contribution is 2.17. The maximum absolute atomic E-state index is 13.1. The molecule has 1 amide bonds. The SMILES string of the molecule is CCc1nc2ccc(Cl)cn2c1C(=O)NCc1ccn(-c2ccc(F)cc2)n1. The number of nitrogens with one attached hydrogen (secondary N) is 1. The number of fused-ring (bicyclic) bond motifs is 1. The lowest BCUT2D eigenvalue weighted by Gasteiger charge is -2.06. The predicted molar refractivity (Wildman–Crippen MR) is 104 cm³/mol. The third-order valence-corrected chi connectivity index (χ3v) is 4.59. The van der Waals surface area contributed by atoms with E-state index in [1.807, 2.05) is 6.92 Å². The predicted octanol–water partition coefficient (Wildman–Crippen LogP) is 3.80. The van der Waals surface area contributed by atoms with E-state index >= 15 is 0 Å². The topological polar surface area (TPSA) is 64.2 Å². The molecule has 8 heteroatoms. The fourth-order valence-corrected chi connectivity index (χ4v) is 3.16. The van der Waals surface area contributed by atoms with Crippen LogP contribution in [0.5, 0.6) is 0 Å². The van der Waals surface area contributed by atoms with Crippen LogP contribution in [0.1, 0.15) is 28.8 Å². The van der Waals surface area contributed by atoms with Crippen molar-refractivity contribution in [3.63, 3.8) is 0 Å². The van der Waals surface area contributed by atoms with E-state index in [-0.39, 0.29) is 18.3 Å². The first kappa shape index (κ1) is 18.2. The Morgan fingerprint density at radius 2 is 1.96 bits per heavy atom. The van der Waals surface area contributed by atoms with Crippen molar-refractivity contribution in [3.05, 3.63) is 82.8 Å². The number of nitrogens with zero attached hydrogens (tertiary/aromatic N) is 4. The number of halogens is 2. The van der Waals surface area contributed by atoms with E-state index in [0.717, 1.165) is 5.69 Å². The molecule has 142 valence electrons. The average molecular weight is 398 g/mol. The molecule has 0 saturated carbocycles. The summed E-state index contributed by atoms with van der Waals surface area (Å²) in [6, 6.07) is 11.4. The van der Waals surface area contributed by atoms with Gasteiger partial charge in [-0.05, 0) is 48.9 Å². The fourth-order valence-electron chi connectivity index (χ4n) is 3.00.